The number of nitrogens with zero attached hydrogens (tertiary/aromatic N) is 3. The topological polar surface area (TPSA) is 91.8 Å². The van der Waals surface area contributed by atoms with E-state index in [1.807, 2.05) is 31.1 Å². The van der Waals surface area contributed by atoms with Crippen molar-refractivity contribution in [1.29, 1.82) is 0 Å². The van der Waals surface area contributed by atoms with Gasteiger partial charge in [-0.2, -0.15) is 0 Å². The molecule has 3 aliphatic rings. The van der Waals surface area contributed by atoms with Crippen LogP contribution in [-0.4, -0.2) is 111 Å². The maximum atomic E-state index is 13.8. The molecule has 0 aromatic heterocycles. The Morgan fingerprint density at radius 2 is 1.80 bits per heavy atom. The molecular weight excluding hydrogens is 510 g/mol. The third-order valence-electron chi connectivity index (χ3n) is 8.68. The Kier molecular flexibility index (Phi) is 10.5. The van der Waals surface area contributed by atoms with Crippen LogP contribution >= 0.6 is 0 Å². The fourth-order valence-corrected chi connectivity index (χ4v) is 6.53. The van der Waals surface area contributed by atoms with Crippen LogP contribution in [0, 0.1) is 11.3 Å². The summed E-state index contributed by atoms with van der Waals surface area (Å²) in [5.74, 6) is -0.722. The van der Waals surface area contributed by atoms with Gasteiger partial charge in [0.1, 0.15) is 5.75 Å². The van der Waals surface area contributed by atoms with Crippen LogP contribution in [0.15, 0.2) is 18.2 Å². The summed E-state index contributed by atoms with van der Waals surface area (Å²) in [5, 5.41) is 10.6. The molecule has 4 rings (SSSR count). The molecular formula is C31H49N3O6. The predicted octanol–water partition coefficient (Wildman–Crippen LogP) is 3.46. The van der Waals surface area contributed by atoms with E-state index in [-0.39, 0.29) is 30.7 Å². The number of unbranched alkanes of at least 4 members (excludes halogenated alkanes) is 1. The van der Waals surface area contributed by atoms with Crippen LogP contribution in [0.5, 0.6) is 5.75 Å². The second-order valence-electron chi connectivity index (χ2n) is 12.6. The van der Waals surface area contributed by atoms with Gasteiger partial charge >= 0.3 is 5.97 Å². The third kappa shape index (κ3) is 7.35. The Morgan fingerprint density at radius 1 is 1.07 bits per heavy atom. The second kappa shape index (κ2) is 13.6. The van der Waals surface area contributed by atoms with Gasteiger partial charge in [0.2, 0.25) is 5.91 Å². The number of rotatable bonds is 14. The van der Waals surface area contributed by atoms with Crippen molar-refractivity contribution in [3.63, 3.8) is 0 Å². The molecule has 2 saturated heterocycles. The highest BCUT2D eigenvalue weighted by atomic mass is 16.7. The van der Waals surface area contributed by atoms with E-state index >= 15 is 0 Å². The molecule has 40 heavy (non-hydrogen) atoms. The number of hydrogen-bond acceptors (Lipinski definition) is 7. The van der Waals surface area contributed by atoms with Gasteiger partial charge in [0.25, 0.3) is 0 Å². The van der Waals surface area contributed by atoms with Crippen molar-refractivity contribution in [2.24, 2.45) is 11.3 Å². The average Bonchev–Trinajstić information content (AvgIpc) is 3.66. The molecule has 3 atom stereocenters. The van der Waals surface area contributed by atoms with Crippen molar-refractivity contribution in [3.05, 3.63) is 29.3 Å². The number of fused-ring (bicyclic) bond motifs is 1. The Morgan fingerprint density at radius 3 is 2.48 bits per heavy atom. The number of hydrogen-bond donors (Lipinski definition) is 1. The minimum absolute atomic E-state index is 0.0792. The number of carboxylic acids is 1. The third-order valence-corrected chi connectivity index (χ3v) is 8.68. The van der Waals surface area contributed by atoms with Gasteiger partial charge in [-0.15, -0.1) is 0 Å². The van der Waals surface area contributed by atoms with Crippen molar-refractivity contribution in [2.75, 3.05) is 66.6 Å². The molecule has 0 bridgehead atoms. The van der Waals surface area contributed by atoms with Crippen molar-refractivity contribution >= 4 is 11.9 Å². The lowest BCUT2D eigenvalue weighted by Crippen LogP contribution is -2.47. The zero-order valence-corrected chi connectivity index (χ0v) is 25.1. The summed E-state index contributed by atoms with van der Waals surface area (Å²) >= 11 is 0. The zero-order valence-electron chi connectivity index (χ0n) is 25.1. The fourth-order valence-electron chi connectivity index (χ4n) is 6.53. The van der Waals surface area contributed by atoms with Crippen molar-refractivity contribution in [3.8, 4) is 5.75 Å². The summed E-state index contributed by atoms with van der Waals surface area (Å²) in [4.78, 5) is 33.0. The first kappa shape index (κ1) is 30.8. The lowest BCUT2D eigenvalue weighted by molar-refractivity contribution is -0.148. The molecule has 9 heteroatoms. The van der Waals surface area contributed by atoms with Crippen LogP contribution in [0.2, 0.25) is 0 Å². The molecule has 3 heterocycles. The first-order chi connectivity index (χ1) is 19.1. The van der Waals surface area contributed by atoms with Crippen LogP contribution in [0.4, 0.5) is 0 Å². The fraction of sp³-hybridized carbons (Fsp3) is 0.742. The largest absolute Gasteiger partial charge is 0.493 e. The lowest BCUT2D eigenvalue weighted by atomic mass is 9.77. The summed E-state index contributed by atoms with van der Waals surface area (Å²) in [7, 11) is 4.09. The number of aliphatic carboxylic acids is 1. The number of benzene rings is 1. The molecule has 3 aliphatic heterocycles. The van der Waals surface area contributed by atoms with E-state index in [1.165, 1.54) is 0 Å². The van der Waals surface area contributed by atoms with E-state index in [2.05, 4.69) is 36.6 Å². The van der Waals surface area contributed by atoms with E-state index in [1.54, 1.807) is 0 Å². The van der Waals surface area contributed by atoms with Gasteiger partial charge in [-0.3, -0.25) is 14.5 Å². The number of ether oxygens (including phenoxy) is 3. The molecule has 0 aliphatic carbocycles. The van der Waals surface area contributed by atoms with Gasteiger partial charge in [-0.1, -0.05) is 39.3 Å². The van der Waals surface area contributed by atoms with Crippen LogP contribution in [-0.2, 0) is 25.5 Å². The molecule has 224 valence electrons. The summed E-state index contributed by atoms with van der Waals surface area (Å²) in [6, 6.07) is 5.78. The number of amides is 1. The van der Waals surface area contributed by atoms with Crippen LogP contribution in [0.3, 0.4) is 0 Å². The molecule has 9 nitrogen and oxygen atoms in total. The highest BCUT2D eigenvalue weighted by Crippen LogP contribution is 2.45. The smallest absolute Gasteiger partial charge is 0.308 e. The monoisotopic (exact) mass is 559 g/mol. The first-order valence-corrected chi connectivity index (χ1v) is 15.0. The van der Waals surface area contributed by atoms with Gasteiger partial charge in [0, 0.05) is 43.4 Å². The zero-order chi connectivity index (χ0) is 28.9. The summed E-state index contributed by atoms with van der Waals surface area (Å²) in [6.07, 6.45) is 3.89. The van der Waals surface area contributed by atoms with E-state index in [0.29, 0.717) is 39.3 Å². The molecule has 2 fully saturated rings. The van der Waals surface area contributed by atoms with Crippen LogP contribution in [0.25, 0.3) is 0 Å². The van der Waals surface area contributed by atoms with E-state index in [9.17, 15) is 14.7 Å². The number of carboxylic acid groups (broad SMARTS) is 1. The Hall–Kier alpha value is -2.20. The molecule has 0 unspecified atom stereocenters. The Bertz CT molecular complexity index is 1010. The maximum Gasteiger partial charge on any atom is 0.308 e. The maximum absolute atomic E-state index is 13.8. The Balaban J connectivity index is 1.60. The van der Waals surface area contributed by atoms with Crippen LogP contribution in [0.1, 0.15) is 63.5 Å². The normalized spacial score (nSPS) is 23.5. The van der Waals surface area contributed by atoms with E-state index < -0.39 is 17.3 Å². The van der Waals surface area contributed by atoms with Gasteiger partial charge in [-0.05, 0) is 57.1 Å². The molecule has 1 N–H and O–H groups in total. The number of carbonyl (C=O) groups excluding carboxylic acids is 1. The summed E-state index contributed by atoms with van der Waals surface area (Å²) < 4.78 is 17.4. The molecule has 1 amide bonds. The molecule has 1 aromatic rings. The quantitative estimate of drug-likeness (QED) is 0.371. The van der Waals surface area contributed by atoms with Crippen LogP contribution < -0.4 is 4.74 Å². The lowest BCUT2D eigenvalue weighted by Gasteiger charge is -2.37. The van der Waals surface area contributed by atoms with Gasteiger partial charge < -0.3 is 29.1 Å². The van der Waals surface area contributed by atoms with Gasteiger partial charge in [0.05, 0.1) is 32.3 Å². The standard InChI is InChI=1S/C31H49N3O6/c1-6-7-13-33(14-8-12-32(4)5)27(35)21-34-20-24(22-9-10-26-23(18-22)11-15-38-26)28(29(36)37)25(34)19-31(2,3)30-39-16-17-40-30/h9-10,18,24-25,28,30H,6-8,11-17,19-21H2,1-5H3,(H,36,37)/t24-,25+,28-/m1/s1. The first-order valence-electron chi connectivity index (χ1n) is 15.0. The van der Waals surface area contributed by atoms with E-state index in [0.717, 1.165) is 55.6 Å². The number of likely N-dealkylation sites (tertiary alicyclic amines) is 1. The highest BCUT2D eigenvalue weighted by molar-refractivity contribution is 5.79. The summed E-state index contributed by atoms with van der Waals surface area (Å²) in [6.45, 7) is 11.1. The SMILES string of the molecule is CCCCN(CCCN(C)C)C(=O)CN1C[C@H](c2ccc3c(c2)CCO3)[C@@H](C(=O)O)[C@@H]1CC(C)(C)C1OCCO1. The highest BCUT2D eigenvalue weighted by Gasteiger charge is 2.50. The molecule has 1 aromatic carbocycles. The molecule has 0 radical (unpaired) electrons. The van der Waals surface area contributed by atoms with Gasteiger partial charge in [-0.25, -0.2) is 0 Å². The van der Waals surface area contributed by atoms with E-state index in [4.69, 9.17) is 14.2 Å². The number of carbonyl (C=O) groups is 2. The average molecular weight is 560 g/mol. The van der Waals surface area contributed by atoms with Crippen molar-refractivity contribution in [1.82, 2.24) is 14.7 Å². The molecule has 0 saturated carbocycles. The van der Waals surface area contributed by atoms with Crippen molar-refractivity contribution in [2.45, 2.75) is 71.1 Å². The van der Waals surface area contributed by atoms with Crippen molar-refractivity contribution < 1.29 is 28.9 Å². The second-order valence-corrected chi connectivity index (χ2v) is 12.6. The van der Waals surface area contributed by atoms with Gasteiger partial charge in [0.15, 0.2) is 6.29 Å². The summed E-state index contributed by atoms with van der Waals surface area (Å²) in [5.41, 5.74) is 1.73. The minimum Gasteiger partial charge on any atom is -0.493 e. The molecule has 0 spiro atoms. The minimum atomic E-state index is -0.820. The predicted molar refractivity (Wildman–Crippen MR) is 154 cm³/mol. The Labute approximate surface area is 239 Å².